The largest absolute Gasteiger partial charge is 0.381 e. The van der Waals surface area contributed by atoms with Crippen molar-refractivity contribution >= 4 is 0 Å². The summed E-state index contributed by atoms with van der Waals surface area (Å²) >= 11 is 0. The quantitative estimate of drug-likeness (QED) is 0.650. The molecule has 1 rings (SSSR count). The van der Waals surface area contributed by atoms with E-state index < -0.39 is 6.29 Å². The van der Waals surface area contributed by atoms with Crippen molar-refractivity contribution in [3.05, 3.63) is 5.92 Å². The van der Waals surface area contributed by atoms with Crippen LogP contribution in [0.2, 0.25) is 0 Å². The van der Waals surface area contributed by atoms with Crippen molar-refractivity contribution in [2.45, 2.75) is 39.1 Å². The first-order chi connectivity index (χ1) is 5.70. The first-order valence-electron chi connectivity index (χ1n) is 4.41. The van der Waals surface area contributed by atoms with Crippen LogP contribution in [0.1, 0.15) is 26.7 Å². The summed E-state index contributed by atoms with van der Waals surface area (Å²) in [6.45, 7) is 5.23. The van der Waals surface area contributed by atoms with Gasteiger partial charge in [0.2, 0.25) is 0 Å². The molecule has 0 saturated carbocycles. The highest BCUT2D eigenvalue weighted by Crippen LogP contribution is 2.15. The highest BCUT2D eigenvalue weighted by Gasteiger charge is 2.19. The summed E-state index contributed by atoms with van der Waals surface area (Å²) in [6, 6.07) is 0. The molecule has 1 atom stereocenters. The lowest BCUT2D eigenvalue weighted by atomic mass is 10.1. The number of aliphatic hydroxyl groups excluding tert-OH is 1. The molecule has 0 amide bonds. The highest BCUT2D eigenvalue weighted by molar-refractivity contribution is 4.81. The van der Waals surface area contributed by atoms with E-state index in [4.69, 9.17) is 9.47 Å². The van der Waals surface area contributed by atoms with E-state index in [1.54, 1.807) is 0 Å². The molecular weight excluding hydrogens is 156 g/mol. The fourth-order valence-electron chi connectivity index (χ4n) is 1.13. The Balaban J connectivity index is 2.20. The second kappa shape index (κ2) is 4.80. The number of aliphatic hydroxyl groups is 1. The van der Waals surface area contributed by atoms with Crippen LogP contribution in [0.25, 0.3) is 0 Å². The van der Waals surface area contributed by atoms with Crippen molar-refractivity contribution in [3.8, 4) is 0 Å². The van der Waals surface area contributed by atoms with Crippen molar-refractivity contribution in [3.63, 3.8) is 0 Å². The Hall–Kier alpha value is -0.120. The van der Waals surface area contributed by atoms with E-state index in [0.29, 0.717) is 0 Å². The monoisotopic (exact) mass is 173 g/mol. The van der Waals surface area contributed by atoms with E-state index in [2.05, 4.69) is 0 Å². The summed E-state index contributed by atoms with van der Waals surface area (Å²) in [6.07, 6.45) is 1.26. The molecule has 3 nitrogen and oxygen atoms in total. The molecule has 1 aliphatic heterocycles. The predicted octanol–water partition coefficient (Wildman–Crippen LogP) is 1.11. The Morgan fingerprint density at radius 3 is 2.50 bits per heavy atom. The molecule has 0 spiro atoms. The fourth-order valence-corrected chi connectivity index (χ4v) is 1.13. The van der Waals surface area contributed by atoms with E-state index in [9.17, 15) is 5.11 Å². The Morgan fingerprint density at radius 1 is 1.42 bits per heavy atom. The molecular formula is C9H17O3. The molecule has 1 unspecified atom stereocenters. The van der Waals surface area contributed by atoms with E-state index in [0.717, 1.165) is 32.0 Å². The van der Waals surface area contributed by atoms with Crippen molar-refractivity contribution in [1.29, 1.82) is 0 Å². The van der Waals surface area contributed by atoms with Gasteiger partial charge in [-0.2, -0.15) is 0 Å². The minimum absolute atomic E-state index is 0.170. The Kier molecular flexibility index (Phi) is 3.98. The number of hydrogen-bond donors (Lipinski definition) is 1. The smallest absolute Gasteiger partial charge is 0.160 e. The molecule has 1 radical (unpaired) electrons. The standard InChI is InChI=1S/C9H17O3/c1-7(2)9(10)12-8-3-5-11-6-4-8/h8-10H,3-6H2,1-2H3. The topological polar surface area (TPSA) is 38.7 Å². The molecule has 0 aromatic rings. The number of rotatable bonds is 3. The first kappa shape index (κ1) is 9.96. The maximum atomic E-state index is 9.38. The second-order valence-corrected chi connectivity index (χ2v) is 3.38. The van der Waals surface area contributed by atoms with Crippen LogP contribution < -0.4 is 0 Å². The third-order valence-corrected chi connectivity index (χ3v) is 1.98. The Morgan fingerprint density at radius 2 is 2.00 bits per heavy atom. The van der Waals surface area contributed by atoms with Crippen LogP contribution in [0.3, 0.4) is 0 Å². The minimum atomic E-state index is -0.701. The molecule has 12 heavy (non-hydrogen) atoms. The summed E-state index contributed by atoms with van der Waals surface area (Å²) in [4.78, 5) is 0. The Labute approximate surface area is 73.7 Å². The van der Waals surface area contributed by atoms with Gasteiger partial charge in [0, 0.05) is 19.1 Å². The molecule has 3 heteroatoms. The van der Waals surface area contributed by atoms with Gasteiger partial charge in [0.05, 0.1) is 6.10 Å². The van der Waals surface area contributed by atoms with Crippen molar-refractivity contribution in [1.82, 2.24) is 0 Å². The van der Waals surface area contributed by atoms with Crippen LogP contribution in [0.15, 0.2) is 0 Å². The van der Waals surface area contributed by atoms with Gasteiger partial charge < -0.3 is 14.6 Å². The molecule has 1 fully saturated rings. The van der Waals surface area contributed by atoms with Gasteiger partial charge in [0.1, 0.15) is 0 Å². The van der Waals surface area contributed by atoms with E-state index in [1.807, 2.05) is 13.8 Å². The number of ether oxygens (including phenoxy) is 2. The van der Waals surface area contributed by atoms with Gasteiger partial charge in [-0.05, 0) is 12.8 Å². The highest BCUT2D eigenvalue weighted by atomic mass is 16.6. The van der Waals surface area contributed by atoms with Gasteiger partial charge in [-0.3, -0.25) is 0 Å². The average molecular weight is 173 g/mol. The van der Waals surface area contributed by atoms with Crippen molar-refractivity contribution in [2.75, 3.05) is 13.2 Å². The van der Waals surface area contributed by atoms with Crippen LogP contribution in [-0.4, -0.2) is 30.7 Å². The third kappa shape index (κ3) is 3.09. The molecule has 71 valence electrons. The van der Waals surface area contributed by atoms with Crippen molar-refractivity contribution < 1.29 is 14.6 Å². The lowest BCUT2D eigenvalue weighted by Gasteiger charge is -2.26. The van der Waals surface area contributed by atoms with Crippen LogP contribution >= 0.6 is 0 Å². The zero-order valence-corrected chi connectivity index (χ0v) is 7.75. The zero-order chi connectivity index (χ0) is 8.97. The van der Waals surface area contributed by atoms with Crippen LogP contribution in [-0.2, 0) is 9.47 Å². The fraction of sp³-hybridized carbons (Fsp3) is 0.889. The van der Waals surface area contributed by atoms with Gasteiger partial charge in [-0.15, -0.1) is 0 Å². The summed E-state index contributed by atoms with van der Waals surface area (Å²) in [5, 5.41) is 9.38. The minimum Gasteiger partial charge on any atom is -0.381 e. The molecule has 1 saturated heterocycles. The first-order valence-corrected chi connectivity index (χ1v) is 4.41. The molecule has 1 aliphatic rings. The summed E-state index contributed by atoms with van der Waals surface area (Å²) in [5.41, 5.74) is 0. The SMILES string of the molecule is C[C](C)C(O)OC1CCOCC1. The summed E-state index contributed by atoms with van der Waals surface area (Å²) in [5.74, 6) is 0.904. The number of hydrogen-bond acceptors (Lipinski definition) is 3. The second-order valence-electron chi connectivity index (χ2n) is 3.38. The third-order valence-electron chi connectivity index (χ3n) is 1.98. The van der Waals surface area contributed by atoms with Gasteiger partial charge in [0.25, 0.3) is 0 Å². The van der Waals surface area contributed by atoms with Gasteiger partial charge >= 0.3 is 0 Å². The van der Waals surface area contributed by atoms with E-state index >= 15 is 0 Å². The zero-order valence-electron chi connectivity index (χ0n) is 7.75. The Bertz CT molecular complexity index is 119. The van der Waals surface area contributed by atoms with Crippen LogP contribution in [0, 0.1) is 5.92 Å². The lowest BCUT2D eigenvalue weighted by molar-refractivity contribution is -0.147. The lowest BCUT2D eigenvalue weighted by Crippen LogP contribution is -2.30. The molecule has 1 heterocycles. The van der Waals surface area contributed by atoms with E-state index in [1.165, 1.54) is 0 Å². The molecule has 0 aromatic carbocycles. The molecule has 1 N–H and O–H groups in total. The normalized spacial score (nSPS) is 23.0. The summed E-state index contributed by atoms with van der Waals surface area (Å²) < 4.78 is 10.6. The molecule has 0 aromatic heterocycles. The van der Waals surface area contributed by atoms with Crippen LogP contribution in [0.5, 0.6) is 0 Å². The van der Waals surface area contributed by atoms with Crippen molar-refractivity contribution in [2.24, 2.45) is 0 Å². The van der Waals surface area contributed by atoms with Crippen LogP contribution in [0.4, 0.5) is 0 Å². The summed E-state index contributed by atoms with van der Waals surface area (Å²) in [7, 11) is 0. The van der Waals surface area contributed by atoms with Gasteiger partial charge in [-0.25, -0.2) is 0 Å². The van der Waals surface area contributed by atoms with E-state index in [-0.39, 0.29) is 6.10 Å². The molecule has 0 bridgehead atoms. The average Bonchev–Trinajstić information content (AvgIpc) is 2.06. The van der Waals surface area contributed by atoms with Gasteiger partial charge in [0.15, 0.2) is 6.29 Å². The van der Waals surface area contributed by atoms with Gasteiger partial charge in [-0.1, -0.05) is 13.8 Å². The predicted molar refractivity (Wildman–Crippen MR) is 45.5 cm³/mol. The maximum Gasteiger partial charge on any atom is 0.160 e. The maximum absolute atomic E-state index is 9.38. The molecule has 0 aliphatic carbocycles.